The Kier molecular flexibility index (Phi) is 6.82. The maximum absolute atomic E-state index is 13.4. The van der Waals surface area contributed by atoms with E-state index >= 15 is 0 Å². The minimum atomic E-state index is -0.405. The fraction of sp³-hybridized carbons (Fsp3) is 0.538. The van der Waals surface area contributed by atoms with Gasteiger partial charge in [-0.15, -0.1) is 11.3 Å². The maximum atomic E-state index is 13.4. The third-order valence-corrected chi connectivity index (χ3v) is 7.71. The van der Waals surface area contributed by atoms with E-state index in [4.69, 9.17) is 4.74 Å². The second kappa shape index (κ2) is 9.47. The van der Waals surface area contributed by atoms with E-state index in [2.05, 4.69) is 28.5 Å². The van der Waals surface area contributed by atoms with E-state index < -0.39 is 5.41 Å². The summed E-state index contributed by atoms with van der Waals surface area (Å²) in [5.41, 5.74) is 2.08. The number of nitrogens with zero attached hydrogens (tertiary/aromatic N) is 3. The summed E-state index contributed by atoms with van der Waals surface area (Å²) in [6.45, 7) is 10.9. The monoisotopic (exact) mass is 469 g/mol. The molecule has 4 rings (SSSR count). The quantitative estimate of drug-likeness (QED) is 0.683. The molecule has 0 saturated carbocycles. The largest absolute Gasteiger partial charge is 0.497 e. The number of carbonyl (C=O) groups is 2. The lowest BCUT2D eigenvalue weighted by molar-refractivity contribution is -0.148. The molecule has 0 radical (unpaired) electrons. The fourth-order valence-electron chi connectivity index (χ4n) is 4.91. The van der Waals surface area contributed by atoms with Crippen molar-refractivity contribution in [3.8, 4) is 5.75 Å². The van der Waals surface area contributed by atoms with E-state index in [9.17, 15) is 9.59 Å². The Bertz CT molecular complexity index is 995. The number of rotatable bonds is 4. The van der Waals surface area contributed by atoms with Gasteiger partial charge in [-0.3, -0.25) is 14.5 Å². The Labute approximate surface area is 201 Å². The highest BCUT2D eigenvalue weighted by Gasteiger charge is 2.36. The summed E-state index contributed by atoms with van der Waals surface area (Å²) in [5, 5.41) is 2.15. The standard InChI is InChI=1S/C26H35N3O3S/c1-18-16-27(13-14-29(18)25(31)26(2,3)4)23(30)17-28-12-10-22-21(11-15-33-22)24(28)19-6-8-20(32-5)9-7-19/h6-9,11,15,18,24H,10,12-14,16-17H2,1-5H3/t18-,24+/m0/s1. The van der Waals surface area contributed by atoms with Crippen molar-refractivity contribution in [3.05, 3.63) is 51.7 Å². The topological polar surface area (TPSA) is 53.1 Å². The van der Waals surface area contributed by atoms with Gasteiger partial charge in [0.25, 0.3) is 0 Å². The normalized spacial score (nSPS) is 21.6. The summed E-state index contributed by atoms with van der Waals surface area (Å²) in [5.74, 6) is 1.13. The van der Waals surface area contributed by atoms with Crippen LogP contribution in [0.5, 0.6) is 5.75 Å². The van der Waals surface area contributed by atoms with E-state index in [0.29, 0.717) is 26.2 Å². The molecule has 2 amide bonds. The molecule has 1 fully saturated rings. The highest BCUT2D eigenvalue weighted by atomic mass is 32.1. The van der Waals surface area contributed by atoms with Crippen LogP contribution < -0.4 is 4.74 Å². The van der Waals surface area contributed by atoms with Crippen molar-refractivity contribution in [2.24, 2.45) is 5.41 Å². The summed E-state index contributed by atoms with van der Waals surface area (Å²) in [4.78, 5) is 33.7. The average Bonchev–Trinajstić information content (AvgIpc) is 3.26. The van der Waals surface area contributed by atoms with Crippen molar-refractivity contribution in [3.63, 3.8) is 0 Å². The number of fused-ring (bicyclic) bond motifs is 1. The highest BCUT2D eigenvalue weighted by molar-refractivity contribution is 7.10. The molecule has 1 saturated heterocycles. The van der Waals surface area contributed by atoms with Crippen molar-refractivity contribution >= 4 is 23.2 Å². The van der Waals surface area contributed by atoms with Crippen LogP contribution in [0.15, 0.2) is 35.7 Å². The lowest BCUT2D eigenvalue weighted by Gasteiger charge is -2.43. The third-order valence-electron chi connectivity index (χ3n) is 6.72. The zero-order chi connectivity index (χ0) is 23.8. The van der Waals surface area contributed by atoms with Crippen LogP contribution in [-0.4, -0.2) is 72.4 Å². The molecule has 0 aliphatic carbocycles. The molecule has 0 bridgehead atoms. The number of carbonyl (C=O) groups excluding carboxylic acids is 2. The van der Waals surface area contributed by atoms with Gasteiger partial charge < -0.3 is 14.5 Å². The molecule has 178 valence electrons. The van der Waals surface area contributed by atoms with E-state index in [1.807, 2.05) is 49.6 Å². The lowest BCUT2D eigenvalue weighted by Crippen LogP contribution is -2.58. The first-order valence-electron chi connectivity index (χ1n) is 11.7. The molecule has 2 atom stereocenters. The fourth-order valence-corrected chi connectivity index (χ4v) is 5.81. The Morgan fingerprint density at radius 1 is 1.09 bits per heavy atom. The van der Waals surface area contributed by atoms with Crippen LogP contribution in [0.4, 0.5) is 0 Å². The second-order valence-corrected chi connectivity index (χ2v) is 11.1. The van der Waals surface area contributed by atoms with Crippen molar-refractivity contribution in [1.82, 2.24) is 14.7 Å². The molecule has 0 unspecified atom stereocenters. The highest BCUT2D eigenvalue weighted by Crippen LogP contribution is 2.38. The molecule has 2 aromatic rings. The van der Waals surface area contributed by atoms with Gasteiger partial charge in [-0.1, -0.05) is 32.9 Å². The number of piperazine rings is 1. The van der Waals surface area contributed by atoms with Crippen LogP contribution in [0.25, 0.3) is 0 Å². The Morgan fingerprint density at radius 2 is 1.82 bits per heavy atom. The summed E-state index contributed by atoms with van der Waals surface area (Å²) in [7, 11) is 1.67. The molecule has 0 spiro atoms. The van der Waals surface area contributed by atoms with Gasteiger partial charge in [0.05, 0.1) is 19.7 Å². The lowest BCUT2D eigenvalue weighted by atomic mass is 9.93. The van der Waals surface area contributed by atoms with Gasteiger partial charge in [0.2, 0.25) is 11.8 Å². The molecule has 7 heteroatoms. The SMILES string of the molecule is COc1ccc([C@@H]2c3ccsc3CCN2CC(=O)N2CCN(C(=O)C(C)(C)C)[C@@H](C)C2)cc1. The van der Waals surface area contributed by atoms with Gasteiger partial charge in [0.1, 0.15) is 5.75 Å². The zero-order valence-corrected chi connectivity index (χ0v) is 21.2. The van der Waals surface area contributed by atoms with Crippen LogP contribution >= 0.6 is 11.3 Å². The number of thiophene rings is 1. The maximum Gasteiger partial charge on any atom is 0.236 e. The van der Waals surface area contributed by atoms with Crippen molar-refractivity contribution < 1.29 is 14.3 Å². The number of hydrogen-bond acceptors (Lipinski definition) is 5. The number of benzene rings is 1. The summed E-state index contributed by atoms with van der Waals surface area (Å²) in [6.07, 6.45) is 0.969. The summed E-state index contributed by atoms with van der Waals surface area (Å²) < 4.78 is 5.34. The average molecular weight is 470 g/mol. The molecule has 0 N–H and O–H groups in total. The number of ether oxygens (including phenoxy) is 1. The predicted octanol–water partition coefficient (Wildman–Crippen LogP) is 3.81. The van der Waals surface area contributed by atoms with Crippen LogP contribution in [0.1, 0.15) is 49.7 Å². The predicted molar refractivity (Wildman–Crippen MR) is 132 cm³/mol. The minimum absolute atomic E-state index is 0.0247. The van der Waals surface area contributed by atoms with Crippen molar-refractivity contribution in [1.29, 1.82) is 0 Å². The van der Waals surface area contributed by atoms with Gasteiger partial charge in [0.15, 0.2) is 0 Å². The van der Waals surface area contributed by atoms with E-state index in [1.165, 1.54) is 16.0 Å². The molecule has 33 heavy (non-hydrogen) atoms. The molecule has 1 aromatic heterocycles. The van der Waals surface area contributed by atoms with Gasteiger partial charge in [-0.2, -0.15) is 0 Å². The molecule has 2 aliphatic heterocycles. The molecular formula is C26H35N3O3S. The van der Waals surface area contributed by atoms with Crippen molar-refractivity contribution in [2.75, 3.05) is 39.8 Å². The van der Waals surface area contributed by atoms with Gasteiger partial charge in [-0.05, 0) is 48.1 Å². The Balaban J connectivity index is 1.48. The van der Waals surface area contributed by atoms with E-state index in [0.717, 1.165) is 18.7 Å². The molecular weight excluding hydrogens is 434 g/mol. The van der Waals surface area contributed by atoms with E-state index in [-0.39, 0.29) is 23.9 Å². The molecule has 2 aliphatic rings. The number of amides is 2. The smallest absolute Gasteiger partial charge is 0.236 e. The first kappa shape index (κ1) is 23.8. The molecule has 6 nitrogen and oxygen atoms in total. The molecule has 3 heterocycles. The summed E-state index contributed by atoms with van der Waals surface area (Å²) >= 11 is 1.80. The van der Waals surface area contributed by atoms with Crippen LogP contribution in [0.3, 0.4) is 0 Å². The second-order valence-electron chi connectivity index (χ2n) is 10.1. The zero-order valence-electron chi connectivity index (χ0n) is 20.3. The minimum Gasteiger partial charge on any atom is -0.497 e. The van der Waals surface area contributed by atoms with Gasteiger partial charge >= 0.3 is 0 Å². The van der Waals surface area contributed by atoms with Gasteiger partial charge in [-0.25, -0.2) is 0 Å². The first-order chi connectivity index (χ1) is 15.7. The summed E-state index contributed by atoms with van der Waals surface area (Å²) in [6, 6.07) is 10.5. The number of hydrogen-bond donors (Lipinski definition) is 0. The number of methoxy groups -OCH3 is 1. The Morgan fingerprint density at radius 3 is 2.45 bits per heavy atom. The van der Waals surface area contributed by atoms with Gasteiger partial charge in [0, 0.05) is 42.5 Å². The molecule has 1 aromatic carbocycles. The van der Waals surface area contributed by atoms with E-state index in [1.54, 1.807) is 18.4 Å². The van der Waals surface area contributed by atoms with Crippen LogP contribution in [-0.2, 0) is 16.0 Å². The first-order valence-corrected chi connectivity index (χ1v) is 12.6. The third kappa shape index (κ3) is 4.94. The Hall–Kier alpha value is -2.38. The van der Waals surface area contributed by atoms with Crippen LogP contribution in [0.2, 0.25) is 0 Å². The van der Waals surface area contributed by atoms with Crippen LogP contribution in [0, 0.1) is 5.41 Å². The van der Waals surface area contributed by atoms with Crippen molar-refractivity contribution in [2.45, 2.75) is 46.2 Å².